The highest BCUT2D eigenvalue weighted by Gasteiger charge is 2.42. The molecule has 0 amide bonds. The number of benzene rings is 2. The fourth-order valence-corrected chi connectivity index (χ4v) is 3.72. The van der Waals surface area contributed by atoms with Gasteiger partial charge < -0.3 is 0 Å². The summed E-state index contributed by atoms with van der Waals surface area (Å²) in [7, 11) is 0. The zero-order valence-electron chi connectivity index (χ0n) is 13.2. The van der Waals surface area contributed by atoms with Gasteiger partial charge in [-0.2, -0.15) is 0 Å². The van der Waals surface area contributed by atoms with Crippen LogP contribution in [-0.4, -0.2) is 0 Å². The van der Waals surface area contributed by atoms with Gasteiger partial charge in [-0.05, 0) is 33.4 Å². The maximum absolute atomic E-state index is 15.0. The van der Waals surface area contributed by atoms with Crippen molar-refractivity contribution in [1.29, 1.82) is 0 Å². The van der Waals surface area contributed by atoms with Gasteiger partial charge in [0.1, 0.15) is 12.3 Å². The number of allylic oxidation sites excluding steroid dienone is 2. The first-order valence-corrected chi connectivity index (χ1v) is 7.90. The molecule has 2 aromatic carbocycles. The Bertz CT molecular complexity index is 773. The van der Waals surface area contributed by atoms with Crippen molar-refractivity contribution < 1.29 is 8.78 Å². The van der Waals surface area contributed by atoms with Crippen LogP contribution in [0.3, 0.4) is 0 Å². The molecule has 0 spiro atoms. The highest BCUT2D eigenvalue weighted by molar-refractivity contribution is 5.72. The monoisotopic (exact) mass is 308 g/mol. The lowest BCUT2D eigenvalue weighted by Crippen LogP contribution is -2.21. The van der Waals surface area contributed by atoms with E-state index >= 15 is 0 Å². The van der Waals surface area contributed by atoms with E-state index in [1.165, 1.54) is 0 Å². The van der Waals surface area contributed by atoms with Gasteiger partial charge in [0, 0.05) is 5.41 Å². The van der Waals surface area contributed by atoms with Crippen LogP contribution in [0.2, 0.25) is 0 Å². The minimum Gasteiger partial charge on any atom is -0.237 e. The number of hydrogen-bond acceptors (Lipinski definition) is 0. The maximum atomic E-state index is 15.0. The van der Waals surface area contributed by atoms with Crippen molar-refractivity contribution in [1.82, 2.24) is 0 Å². The molecule has 2 aromatic rings. The lowest BCUT2D eigenvalue weighted by molar-refractivity contribution is 0.304. The first-order valence-electron chi connectivity index (χ1n) is 7.90. The molecular formula is C21H18F2. The van der Waals surface area contributed by atoms with Crippen LogP contribution in [0, 0.1) is 5.41 Å². The maximum Gasteiger partial charge on any atom is 0.148 e. The van der Waals surface area contributed by atoms with Crippen molar-refractivity contribution in [3.63, 3.8) is 0 Å². The van der Waals surface area contributed by atoms with E-state index in [1.807, 2.05) is 74.5 Å². The van der Waals surface area contributed by atoms with E-state index in [2.05, 4.69) is 0 Å². The molecule has 2 aliphatic rings. The van der Waals surface area contributed by atoms with Crippen molar-refractivity contribution in [2.24, 2.45) is 5.41 Å². The Hall–Kier alpha value is -2.22. The summed E-state index contributed by atoms with van der Waals surface area (Å²) >= 11 is 0. The third kappa shape index (κ3) is 2.01. The van der Waals surface area contributed by atoms with Crippen molar-refractivity contribution in [2.45, 2.75) is 26.2 Å². The number of hydrogen-bond donors (Lipinski definition) is 0. The summed E-state index contributed by atoms with van der Waals surface area (Å²) in [5.41, 5.74) is 3.77. The van der Waals surface area contributed by atoms with Crippen molar-refractivity contribution in [2.75, 3.05) is 0 Å². The molecule has 0 heterocycles. The summed E-state index contributed by atoms with van der Waals surface area (Å²) in [6.07, 6.45) is 1.43. The standard InChI is InChI=1S/C21H18F2/c1-21(2,17-11-13-7-3-5-9-15(13)19(17)22)18-12-14-8-4-6-10-16(14)20(18)23/h3-12,19-20H,1-2H3. The van der Waals surface area contributed by atoms with Gasteiger partial charge >= 0.3 is 0 Å². The highest BCUT2D eigenvalue weighted by Crippen LogP contribution is 2.55. The van der Waals surface area contributed by atoms with Gasteiger partial charge in [0.25, 0.3) is 0 Å². The molecule has 0 saturated heterocycles. The second-order valence-corrected chi connectivity index (χ2v) is 6.81. The Kier molecular flexibility index (Phi) is 3.06. The average Bonchev–Trinajstić information content (AvgIpc) is 3.07. The zero-order valence-corrected chi connectivity index (χ0v) is 13.2. The van der Waals surface area contributed by atoms with Crippen molar-refractivity contribution in [3.8, 4) is 0 Å². The van der Waals surface area contributed by atoms with Gasteiger partial charge in [-0.3, -0.25) is 0 Å². The summed E-state index contributed by atoms with van der Waals surface area (Å²) < 4.78 is 29.9. The molecule has 2 aliphatic carbocycles. The summed E-state index contributed by atoms with van der Waals surface area (Å²) in [4.78, 5) is 0. The normalized spacial score (nSPS) is 22.4. The van der Waals surface area contributed by atoms with E-state index in [9.17, 15) is 8.78 Å². The van der Waals surface area contributed by atoms with Crippen LogP contribution in [0.15, 0.2) is 59.7 Å². The zero-order chi connectivity index (χ0) is 16.2. The summed E-state index contributed by atoms with van der Waals surface area (Å²) in [6, 6.07) is 14.9. The van der Waals surface area contributed by atoms with Crippen molar-refractivity contribution >= 4 is 12.2 Å². The van der Waals surface area contributed by atoms with E-state index in [4.69, 9.17) is 0 Å². The molecule has 0 nitrogen and oxygen atoms in total. The van der Waals surface area contributed by atoms with E-state index in [1.54, 1.807) is 0 Å². The molecule has 0 N–H and O–H groups in total. The molecule has 4 rings (SSSR count). The Morgan fingerprint density at radius 2 is 1.09 bits per heavy atom. The number of halogens is 2. The number of rotatable bonds is 2. The molecule has 0 aliphatic heterocycles. The smallest absolute Gasteiger partial charge is 0.148 e. The number of alkyl halides is 2. The summed E-state index contributed by atoms with van der Waals surface area (Å²) in [5.74, 6) is 0. The van der Waals surface area contributed by atoms with Crippen molar-refractivity contribution in [3.05, 3.63) is 81.9 Å². The van der Waals surface area contributed by atoms with Crippen LogP contribution < -0.4 is 0 Å². The average molecular weight is 308 g/mol. The molecule has 116 valence electrons. The van der Waals surface area contributed by atoms with Gasteiger partial charge in [0.05, 0.1) is 0 Å². The minimum absolute atomic E-state index is 0.639. The first kappa shape index (κ1) is 14.4. The lowest BCUT2D eigenvalue weighted by atomic mass is 9.74. The van der Waals surface area contributed by atoms with Crippen LogP contribution in [0.4, 0.5) is 8.78 Å². The molecule has 0 bridgehead atoms. The Morgan fingerprint density at radius 1 is 0.696 bits per heavy atom. The highest BCUT2D eigenvalue weighted by atomic mass is 19.1. The van der Waals surface area contributed by atoms with Gasteiger partial charge in [0.15, 0.2) is 0 Å². The molecule has 2 heteroatoms. The van der Waals surface area contributed by atoms with Crippen LogP contribution in [0.25, 0.3) is 12.2 Å². The Balaban J connectivity index is 1.76. The molecule has 0 fully saturated rings. The Labute approximate surface area is 135 Å². The van der Waals surface area contributed by atoms with E-state index in [-0.39, 0.29) is 0 Å². The van der Waals surface area contributed by atoms with Crippen LogP contribution >= 0.6 is 0 Å². The second-order valence-electron chi connectivity index (χ2n) is 6.81. The fraction of sp³-hybridized carbons (Fsp3) is 0.238. The van der Waals surface area contributed by atoms with E-state index < -0.39 is 17.8 Å². The van der Waals surface area contributed by atoms with Crippen LogP contribution in [0.5, 0.6) is 0 Å². The minimum atomic E-state index is -1.17. The Morgan fingerprint density at radius 3 is 1.48 bits per heavy atom. The molecular weight excluding hydrogens is 290 g/mol. The predicted octanol–water partition coefficient (Wildman–Crippen LogP) is 6.23. The number of fused-ring (bicyclic) bond motifs is 2. The topological polar surface area (TPSA) is 0 Å². The largest absolute Gasteiger partial charge is 0.237 e. The van der Waals surface area contributed by atoms with E-state index in [0.29, 0.717) is 22.3 Å². The molecule has 23 heavy (non-hydrogen) atoms. The van der Waals surface area contributed by atoms with Crippen LogP contribution in [-0.2, 0) is 0 Å². The summed E-state index contributed by atoms with van der Waals surface area (Å²) in [5, 5.41) is 0. The SMILES string of the molecule is CC(C)(C1=Cc2ccccc2C1F)C1=Cc2ccccc2C1F. The van der Waals surface area contributed by atoms with E-state index in [0.717, 1.165) is 11.1 Å². The summed E-state index contributed by atoms with van der Waals surface area (Å²) in [6.45, 7) is 3.84. The van der Waals surface area contributed by atoms with Crippen LogP contribution in [0.1, 0.15) is 48.4 Å². The predicted molar refractivity (Wildman–Crippen MR) is 90.3 cm³/mol. The fourth-order valence-electron chi connectivity index (χ4n) is 3.72. The molecule has 0 radical (unpaired) electrons. The first-order chi connectivity index (χ1) is 11.0. The lowest BCUT2D eigenvalue weighted by Gasteiger charge is -2.31. The van der Waals surface area contributed by atoms with Gasteiger partial charge in [-0.25, -0.2) is 8.78 Å². The third-order valence-electron chi connectivity index (χ3n) is 5.15. The molecule has 0 saturated carbocycles. The van der Waals surface area contributed by atoms with Gasteiger partial charge in [-0.15, -0.1) is 0 Å². The molecule has 2 atom stereocenters. The second kappa shape index (κ2) is 4.89. The van der Waals surface area contributed by atoms with Gasteiger partial charge in [0.2, 0.25) is 0 Å². The molecule has 0 aromatic heterocycles. The van der Waals surface area contributed by atoms with Gasteiger partial charge in [-0.1, -0.05) is 74.5 Å². The quantitative estimate of drug-likeness (QED) is 0.617. The third-order valence-corrected chi connectivity index (χ3v) is 5.15. The molecule has 2 unspecified atom stereocenters.